The first-order chi connectivity index (χ1) is 23.9. The van der Waals surface area contributed by atoms with Gasteiger partial charge in [0, 0.05) is 16.3 Å². The summed E-state index contributed by atoms with van der Waals surface area (Å²) in [5.41, 5.74) is 1.03. The van der Waals surface area contributed by atoms with Crippen LogP contribution in [0.4, 0.5) is 0 Å². The van der Waals surface area contributed by atoms with Gasteiger partial charge in [-0.3, -0.25) is 0 Å². The Labute approximate surface area is 282 Å². The average molecular weight is 663 g/mol. The molecule has 1 N–H and O–H groups in total. The molecule has 0 amide bonds. The van der Waals surface area contributed by atoms with E-state index in [4.69, 9.17) is 28.4 Å². The molecule has 0 radical (unpaired) electrons. The van der Waals surface area contributed by atoms with Crippen LogP contribution in [0.5, 0.6) is 11.5 Å². The molecule has 10 heteroatoms. The van der Waals surface area contributed by atoms with E-state index in [2.05, 4.69) is 0 Å². The molecule has 250 valence electrons. The standard InChI is InChI=1S/C39H34O10/c1-44-30-22-29(32(45-2)28-21-13-12-20-27(28)30)33-35(48-38(42)25-16-8-4-9-17-25)36(49-39(43)26-18-10-5-11-19-26)34(31(23-40)46-33)47-37(41)24-14-6-3-7-15-24/h3-22,31,33-36,40H,23H2,1-2H3/t31-,33+,34-,35+,36+/m1/s1. The minimum absolute atomic E-state index is 0.206. The molecule has 0 unspecified atom stereocenters. The summed E-state index contributed by atoms with van der Waals surface area (Å²) >= 11 is 0. The van der Waals surface area contributed by atoms with Crippen molar-refractivity contribution in [3.8, 4) is 11.5 Å². The molecule has 0 aliphatic carbocycles. The van der Waals surface area contributed by atoms with Crippen LogP contribution in [-0.2, 0) is 18.9 Å². The fourth-order valence-corrected chi connectivity index (χ4v) is 5.96. The molecule has 1 aliphatic rings. The lowest BCUT2D eigenvalue weighted by atomic mass is 9.88. The number of hydrogen-bond acceptors (Lipinski definition) is 10. The van der Waals surface area contributed by atoms with Crippen LogP contribution in [0.25, 0.3) is 10.8 Å². The van der Waals surface area contributed by atoms with Gasteiger partial charge in [0.05, 0.1) is 37.5 Å². The van der Waals surface area contributed by atoms with Crippen molar-refractivity contribution in [2.45, 2.75) is 30.5 Å². The molecule has 1 fully saturated rings. The van der Waals surface area contributed by atoms with Gasteiger partial charge >= 0.3 is 17.9 Å². The van der Waals surface area contributed by atoms with E-state index >= 15 is 0 Å². The van der Waals surface area contributed by atoms with E-state index in [0.29, 0.717) is 22.4 Å². The Balaban J connectivity index is 1.52. The van der Waals surface area contributed by atoms with Crippen molar-refractivity contribution in [2.24, 2.45) is 0 Å². The van der Waals surface area contributed by atoms with Gasteiger partial charge in [-0.05, 0) is 42.5 Å². The lowest BCUT2D eigenvalue weighted by Gasteiger charge is -2.45. The van der Waals surface area contributed by atoms with Crippen molar-refractivity contribution in [2.75, 3.05) is 20.8 Å². The van der Waals surface area contributed by atoms with Crippen molar-refractivity contribution in [3.63, 3.8) is 0 Å². The van der Waals surface area contributed by atoms with Crippen LogP contribution in [0.1, 0.15) is 42.7 Å². The zero-order valence-corrected chi connectivity index (χ0v) is 26.8. The van der Waals surface area contributed by atoms with Gasteiger partial charge in [-0.1, -0.05) is 78.9 Å². The highest BCUT2D eigenvalue weighted by molar-refractivity contribution is 5.95. The Hall–Kier alpha value is -5.71. The summed E-state index contributed by atoms with van der Waals surface area (Å²) in [5, 5.41) is 12.1. The maximum absolute atomic E-state index is 13.8. The second-order valence-corrected chi connectivity index (χ2v) is 11.2. The molecule has 0 bridgehead atoms. The predicted octanol–water partition coefficient (Wildman–Crippen LogP) is 5.97. The molecule has 10 nitrogen and oxygen atoms in total. The van der Waals surface area contributed by atoms with Crippen LogP contribution in [0.3, 0.4) is 0 Å². The summed E-state index contributed by atoms with van der Waals surface area (Å²) in [6.45, 7) is -0.644. The second kappa shape index (κ2) is 15.0. The Bertz CT molecular complexity index is 1910. The number of methoxy groups -OCH3 is 2. The number of esters is 3. The summed E-state index contributed by atoms with van der Waals surface area (Å²) in [7, 11) is 3.01. The first-order valence-corrected chi connectivity index (χ1v) is 15.6. The zero-order chi connectivity index (χ0) is 34.3. The third kappa shape index (κ3) is 6.96. The van der Waals surface area contributed by atoms with Crippen molar-refractivity contribution < 1.29 is 47.9 Å². The van der Waals surface area contributed by atoms with Crippen molar-refractivity contribution in [1.29, 1.82) is 0 Å². The summed E-state index contributed by atoms with van der Waals surface area (Å²) in [6, 6.07) is 33.8. The molecule has 1 saturated heterocycles. The predicted molar refractivity (Wildman–Crippen MR) is 179 cm³/mol. The molecule has 0 aromatic heterocycles. The lowest BCUT2D eigenvalue weighted by molar-refractivity contribution is -0.231. The largest absolute Gasteiger partial charge is 0.496 e. The summed E-state index contributed by atoms with van der Waals surface area (Å²) in [4.78, 5) is 40.9. The smallest absolute Gasteiger partial charge is 0.338 e. The quantitative estimate of drug-likeness (QED) is 0.141. The van der Waals surface area contributed by atoms with Gasteiger partial charge in [0.2, 0.25) is 0 Å². The molecule has 1 aliphatic heterocycles. The van der Waals surface area contributed by atoms with Crippen molar-refractivity contribution >= 4 is 28.7 Å². The molecule has 5 atom stereocenters. The van der Waals surface area contributed by atoms with Crippen LogP contribution in [0.15, 0.2) is 121 Å². The van der Waals surface area contributed by atoms with E-state index in [0.717, 1.165) is 5.39 Å². The normalized spacial score (nSPS) is 20.2. The van der Waals surface area contributed by atoms with Crippen LogP contribution in [0, 0.1) is 0 Å². The molecule has 5 aromatic carbocycles. The fourth-order valence-electron chi connectivity index (χ4n) is 5.96. The molecule has 5 aromatic rings. The number of aliphatic hydroxyl groups excluding tert-OH is 1. The number of carbonyl (C=O) groups excluding carboxylic acids is 3. The minimum atomic E-state index is -1.47. The Kier molecular flexibility index (Phi) is 10.2. The number of hydrogen-bond donors (Lipinski definition) is 1. The highest BCUT2D eigenvalue weighted by Gasteiger charge is 2.53. The van der Waals surface area contributed by atoms with E-state index in [1.807, 2.05) is 24.3 Å². The van der Waals surface area contributed by atoms with Crippen LogP contribution >= 0.6 is 0 Å². The number of fused-ring (bicyclic) bond motifs is 1. The van der Waals surface area contributed by atoms with Crippen molar-refractivity contribution in [3.05, 3.63) is 144 Å². The van der Waals surface area contributed by atoms with Gasteiger partial charge in [-0.15, -0.1) is 0 Å². The first-order valence-electron chi connectivity index (χ1n) is 15.6. The highest BCUT2D eigenvalue weighted by Crippen LogP contribution is 2.46. The summed E-state index contributed by atoms with van der Waals surface area (Å²) in [5.74, 6) is -1.43. The number of rotatable bonds is 10. The van der Waals surface area contributed by atoms with Gasteiger partial charge < -0.3 is 33.5 Å². The number of ether oxygens (including phenoxy) is 6. The van der Waals surface area contributed by atoms with E-state index in [1.54, 1.807) is 97.1 Å². The molecule has 0 saturated carbocycles. The van der Waals surface area contributed by atoms with Gasteiger partial charge in [0.25, 0.3) is 0 Å². The van der Waals surface area contributed by atoms with Crippen molar-refractivity contribution in [1.82, 2.24) is 0 Å². The Morgan fingerprint density at radius 3 is 1.51 bits per heavy atom. The highest BCUT2D eigenvalue weighted by atomic mass is 16.7. The van der Waals surface area contributed by atoms with E-state index in [9.17, 15) is 19.5 Å². The zero-order valence-electron chi connectivity index (χ0n) is 26.8. The maximum Gasteiger partial charge on any atom is 0.338 e. The molecule has 6 rings (SSSR count). The van der Waals surface area contributed by atoms with Gasteiger partial charge in [0.15, 0.2) is 18.3 Å². The third-order valence-electron chi connectivity index (χ3n) is 8.29. The topological polar surface area (TPSA) is 127 Å². The molecule has 1 heterocycles. The van der Waals surface area contributed by atoms with E-state index in [1.165, 1.54) is 14.2 Å². The second-order valence-electron chi connectivity index (χ2n) is 11.2. The Morgan fingerprint density at radius 1 is 0.592 bits per heavy atom. The Morgan fingerprint density at radius 2 is 1.04 bits per heavy atom. The first kappa shape index (κ1) is 33.2. The minimum Gasteiger partial charge on any atom is -0.496 e. The van der Waals surface area contributed by atoms with Gasteiger partial charge in [-0.2, -0.15) is 0 Å². The summed E-state index contributed by atoms with van der Waals surface area (Å²) in [6.07, 6.45) is -6.75. The van der Waals surface area contributed by atoms with Crippen LogP contribution < -0.4 is 9.47 Å². The van der Waals surface area contributed by atoms with Gasteiger partial charge in [0.1, 0.15) is 23.7 Å². The van der Waals surface area contributed by atoms with Gasteiger partial charge in [-0.25, -0.2) is 14.4 Å². The van der Waals surface area contributed by atoms with E-state index < -0.39 is 55.0 Å². The number of benzene rings is 5. The van der Waals surface area contributed by atoms with Crippen LogP contribution in [0.2, 0.25) is 0 Å². The molecular weight excluding hydrogens is 628 g/mol. The SMILES string of the molecule is COc1cc([C@@H]2O[C@H](CO)[C@@H](OC(=O)c3ccccc3)[C@H](OC(=O)c3ccccc3)[C@H]2OC(=O)c2ccccc2)c(OC)c2ccccc12. The maximum atomic E-state index is 13.8. The number of aliphatic hydroxyl groups is 1. The molecular formula is C39H34O10. The molecule has 49 heavy (non-hydrogen) atoms. The fraction of sp³-hybridized carbons (Fsp3) is 0.205. The number of carbonyl (C=O) groups is 3. The lowest BCUT2D eigenvalue weighted by Crippen LogP contribution is -2.59. The summed E-state index contributed by atoms with van der Waals surface area (Å²) < 4.78 is 36.4. The van der Waals surface area contributed by atoms with E-state index in [-0.39, 0.29) is 16.7 Å². The monoisotopic (exact) mass is 662 g/mol. The molecule has 0 spiro atoms. The average Bonchev–Trinajstić information content (AvgIpc) is 3.16. The third-order valence-corrected chi connectivity index (χ3v) is 8.29. The van der Waals surface area contributed by atoms with Crippen LogP contribution in [-0.4, -0.2) is 68.3 Å².